The van der Waals surface area contributed by atoms with Gasteiger partial charge >= 0.3 is 6.18 Å². The quantitative estimate of drug-likeness (QED) is 0.283. The van der Waals surface area contributed by atoms with Crippen molar-refractivity contribution in [2.75, 3.05) is 12.4 Å². The SMILES string of the molecule is CNC(=O)c1cc(Oc2ccc3nc(NC(=O)c4cc(-n5cnc(C)c5)cc(C(F)(F)F)c4)sc3c2)ccn1. The highest BCUT2D eigenvalue weighted by Gasteiger charge is 2.32. The predicted molar refractivity (Wildman–Crippen MR) is 139 cm³/mol. The molecule has 0 saturated carbocycles. The van der Waals surface area contributed by atoms with Gasteiger partial charge in [-0.05, 0) is 43.3 Å². The molecule has 0 atom stereocenters. The van der Waals surface area contributed by atoms with Crippen LogP contribution >= 0.6 is 11.3 Å². The Morgan fingerprint density at radius 1 is 1.00 bits per heavy atom. The first-order chi connectivity index (χ1) is 18.6. The van der Waals surface area contributed by atoms with Crippen molar-refractivity contribution < 1.29 is 27.5 Å². The van der Waals surface area contributed by atoms with Gasteiger partial charge in [0.1, 0.15) is 17.2 Å². The number of nitrogens with zero attached hydrogens (tertiary/aromatic N) is 4. The van der Waals surface area contributed by atoms with E-state index in [-0.39, 0.29) is 28.0 Å². The minimum Gasteiger partial charge on any atom is -0.457 e. The minimum atomic E-state index is -4.65. The van der Waals surface area contributed by atoms with Crippen molar-refractivity contribution in [3.63, 3.8) is 0 Å². The topological polar surface area (TPSA) is 111 Å². The first kappa shape index (κ1) is 25.9. The van der Waals surface area contributed by atoms with Gasteiger partial charge in [0, 0.05) is 42.8 Å². The summed E-state index contributed by atoms with van der Waals surface area (Å²) < 4.78 is 48.6. The molecular weight excluding hydrogens is 533 g/mol. The van der Waals surface area contributed by atoms with Gasteiger partial charge in [-0.3, -0.25) is 19.9 Å². The van der Waals surface area contributed by atoms with Crippen molar-refractivity contribution in [2.24, 2.45) is 0 Å². The zero-order valence-electron chi connectivity index (χ0n) is 20.4. The lowest BCUT2D eigenvalue weighted by molar-refractivity contribution is -0.137. The zero-order chi connectivity index (χ0) is 27.7. The molecule has 0 radical (unpaired) electrons. The molecule has 5 aromatic rings. The van der Waals surface area contributed by atoms with Gasteiger partial charge < -0.3 is 14.6 Å². The van der Waals surface area contributed by atoms with E-state index < -0.39 is 17.6 Å². The number of fused-ring (bicyclic) bond motifs is 1. The molecule has 2 N–H and O–H groups in total. The van der Waals surface area contributed by atoms with Gasteiger partial charge in [0.25, 0.3) is 11.8 Å². The summed E-state index contributed by atoms with van der Waals surface area (Å²) in [5.74, 6) is -0.245. The average molecular weight is 553 g/mol. The molecule has 198 valence electrons. The van der Waals surface area contributed by atoms with Crippen LogP contribution in [0, 0.1) is 6.92 Å². The van der Waals surface area contributed by atoms with Crippen LogP contribution in [0.5, 0.6) is 11.5 Å². The largest absolute Gasteiger partial charge is 0.457 e. The molecular formula is C26H19F3N6O3S. The highest BCUT2D eigenvalue weighted by atomic mass is 32.1. The number of ether oxygens (including phenoxy) is 1. The monoisotopic (exact) mass is 552 g/mol. The van der Waals surface area contributed by atoms with Gasteiger partial charge in [0.05, 0.1) is 27.8 Å². The number of carbonyl (C=O) groups excluding carboxylic acids is 2. The van der Waals surface area contributed by atoms with Crippen LogP contribution in [0.4, 0.5) is 18.3 Å². The van der Waals surface area contributed by atoms with Crippen molar-refractivity contribution in [1.82, 2.24) is 24.8 Å². The van der Waals surface area contributed by atoms with Gasteiger partial charge in [-0.25, -0.2) is 9.97 Å². The van der Waals surface area contributed by atoms with Crippen LogP contribution in [0.1, 0.15) is 32.1 Å². The molecule has 0 aliphatic carbocycles. The molecule has 13 heteroatoms. The molecule has 0 aliphatic rings. The van der Waals surface area contributed by atoms with Crippen molar-refractivity contribution in [3.8, 4) is 17.2 Å². The smallest absolute Gasteiger partial charge is 0.416 e. The first-order valence-electron chi connectivity index (χ1n) is 11.4. The lowest BCUT2D eigenvalue weighted by Crippen LogP contribution is -2.18. The second-order valence-corrected chi connectivity index (χ2v) is 9.38. The summed E-state index contributed by atoms with van der Waals surface area (Å²) in [6, 6.07) is 11.3. The van der Waals surface area contributed by atoms with Crippen LogP contribution in [-0.4, -0.2) is 38.4 Å². The molecule has 0 saturated heterocycles. The van der Waals surface area contributed by atoms with Crippen molar-refractivity contribution in [3.05, 3.63) is 89.8 Å². The summed E-state index contributed by atoms with van der Waals surface area (Å²) >= 11 is 1.13. The second kappa shape index (κ2) is 10.2. The Bertz CT molecular complexity index is 1710. The maximum Gasteiger partial charge on any atom is 0.416 e. The molecule has 9 nitrogen and oxygen atoms in total. The van der Waals surface area contributed by atoms with E-state index in [1.165, 1.54) is 36.3 Å². The Labute approximate surface area is 223 Å². The third-order valence-corrected chi connectivity index (χ3v) is 6.46. The third kappa shape index (κ3) is 5.72. The molecule has 0 spiro atoms. The Kier molecular flexibility index (Phi) is 6.74. The number of benzene rings is 2. The number of alkyl halides is 3. The number of imidazole rings is 1. The normalized spacial score (nSPS) is 11.4. The zero-order valence-corrected chi connectivity index (χ0v) is 21.2. The van der Waals surface area contributed by atoms with Crippen molar-refractivity contribution >= 4 is 38.5 Å². The molecule has 3 heterocycles. The molecule has 5 rings (SSSR count). The maximum atomic E-state index is 13.6. The number of amides is 2. The average Bonchev–Trinajstić information content (AvgIpc) is 3.52. The van der Waals surface area contributed by atoms with Crippen LogP contribution in [0.25, 0.3) is 15.9 Å². The summed E-state index contributed by atoms with van der Waals surface area (Å²) in [7, 11) is 1.50. The number of nitrogens with one attached hydrogen (secondary N) is 2. The van der Waals surface area contributed by atoms with Crippen LogP contribution in [0.2, 0.25) is 0 Å². The van der Waals surface area contributed by atoms with Crippen molar-refractivity contribution in [1.29, 1.82) is 0 Å². The van der Waals surface area contributed by atoms with E-state index in [4.69, 9.17) is 4.74 Å². The predicted octanol–water partition coefficient (Wildman–Crippen LogP) is 5.61. The summed E-state index contributed by atoms with van der Waals surface area (Å²) in [5.41, 5.74) is 0.378. The van der Waals surface area contributed by atoms with E-state index in [0.29, 0.717) is 27.4 Å². The fourth-order valence-electron chi connectivity index (χ4n) is 3.67. The Hall–Kier alpha value is -4.78. The number of anilines is 1. The molecule has 3 aromatic heterocycles. The molecule has 0 fully saturated rings. The number of aryl methyl sites for hydroxylation is 1. The first-order valence-corrected chi connectivity index (χ1v) is 12.2. The number of carbonyl (C=O) groups is 2. The number of aromatic nitrogens is 4. The van der Waals surface area contributed by atoms with Crippen LogP contribution in [0.3, 0.4) is 0 Å². The van der Waals surface area contributed by atoms with Crippen LogP contribution in [-0.2, 0) is 6.18 Å². The molecule has 39 heavy (non-hydrogen) atoms. The van der Waals surface area contributed by atoms with Gasteiger partial charge in [-0.1, -0.05) is 11.3 Å². The molecule has 0 bridgehead atoms. The van der Waals surface area contributed by atoms with E-state index in [9.17, 15) is 22.8 Å². The number of rotatable bonds is 6. The summed E-state index contributed by atoms with van der Waals surface area (Å²) in [6.45, 7) is 1.71. The van der Waals surface area contributed by atoms with Gasteiger partial charge in [0.15, 0.2) is 5.13 Å². The lowest BCUT2D eigenvalue weighted by Gasteiger charge is -2.12. The summed E-state index contributed by atoms with van der Waals surface area (Å²) in [5, 5.41) is 5.28. The fraction of sp³-hybridized carbons (Fsp3) is 0.115. The lowest BCUT2D eigenvalue weighted by atomic mass is 10.1. The number of hydrogen-bond donors (Lipinski definition) is 2. The van der Waals surface area contributed by atoms with Crippen molar-refractivity contribution in [2.45, 2.75) is 13.1 Å². The highest BCUT2D eigenvalue weighted by Crippen LogP contribution is 2.34. The Balaban J connectivity index is 1.39. The second-order valence-electron chi connectivity index (χ2n) is 8.35. The Morgan fingerprint density at radius 2 is 1.79 bits per heavy atom. The van der Waals surface area contributed by atoms with E-state index >= 15 is 0 Å². The number of hydrogen-bond acceptors (Lipinski definition) is 7. The maximum absolute atomic E-state index is 13.6. The van der Waals surface area contributed by atoms with E-state index in [2.05, 4.69) is 25.6 Å². The van der Waals surface area contributed by atoms with Crippen LogP contribution in [0.15, 0.2) is 67.3 Å². The highest BCUT2D eigenvalue weighted by molar-refractivity contribution is 7.22. The summed E-state index contributed by atoms with van der Waals surface area (Å²) in [6.07, 6.45) is -0.254. The molecule has 2 amide bonds. The minimum absolute atomic E-state index is 0.150. The van der Waals surface area contributed by atoms with Gasteiger partial charge in [0.2, 0.25) is 0 Å². The standard InChI is InChI=1S/C26H19F3N6O3S/c1-14-12-35(13-32-14)17-8-15(7-16(9-17)26(27,28)29)23(36)34-25-33-20-4-3-18(11-22(20)39-25)38-19-5-6-31-21(10-19)24(37)30-2/h3-13H,1-2H3,(H,30,37)(H,33,34,36). The number of thiazole rings is 1. The summed E-state index contributed by atoms with van der Waals surface area (Å²) in [4.78, 5) is 37.2. The van der Waals surface area contributed by atoms with Gasteiger partial charge in [-0.2, -0.15) is 13.2 Å². The third-order valence-electron chi connectivity index (χ3n) is 5.52. The van der Waals surface area contributed by atoms with Crippen LogP contribution < -0.4 is 15.4 Å². The van der Waals surface area contributed by atoms with E-state index in [0.717, 1.165) is 23.5 Å². The van der Waals surface area contributed by atoms with Gasteiger partial charge in [-0.15, -0.1) is 0 Å². The molecule has 2 aromatic carbocycles. The molecule has 0 aliphatic heterocycles. The Morgan fingerprint density at radius 3 is 2.51 bits per heavy atom. The number of halogens is 3. The van der Waals surface area contributed by atoms with E-state index in [1.807, 2.05) is 0 Å². The fourth-order valence-corrected chi connectivity index (χ4v) is 4.56. The van der Waals surface area contributed by atoms with E-state index in [1.54, 1.807) is 37.4 Å². The molecule has 0 unspecified atom stereocenters. The number of pyridine rings is 1.